The summed E-state index contributed by atoms with van der Waals surface area (Å²) in [4.78, 5) is 0. The second-order valence-electron chi connectivity index (χ2n) is 3.44. The standard InChI is InChI=1S/C11H16O/c1-8-4-5-9(2)11(6-8)10(3)7-12/h4-6,10,12H,7H2,1-3H3/t10-/m1/s1. The summed E-state index contributed by atoms with van der Waals surface area (Å²) in [6, 6.07) is 6.36. The van der Waals surface area contributed by atoms with Crippen molar-refractivity contribution in [2.45, 2.75) is 26.7 Å². The van der Waals surface area contributed by atoms with Crippen LogP contribution in [0.25, 0.3) is 0 Å². The van der Waals surface area contributed by atoms with Crippen LogP contribution in [0.15, 0.2) is 18.2 Å². The zero-order chi connectivity index (χ0) is 9.14. The van der Waals surface area contributed by atoms with E-state index in [1.54, 1.807) is 0 Å². The molecule has 1 N–H and O–H groups in total. The lowest BCUT2D eigenvalue weighted by atomic mass is 9.95. The summed E-state index contributed by atoms with van der Waals surface area (Å²) in [5.74, 6) is 0.255. The van der Waals surface area contributed by atoms with Gasteiger partial charge in [-0.05, 0) is 25.0 Å². The highest BCUT2D eigenvalue weighted by atomic mass is 16.3. The van der Waals surface area contributed by atoms with Gasteiger partial charge in [-0.1, -0.05) is 30.7 Å². The van der Waals surface area contributed by atoms with Crippen molar-refractivity contribution < 1.29 is 5.11 Å². The third-order valence-corrected chi connectivity index (χ3v) is 2.24. The van der Waals surface area contributed by atoms with Gasteiger partial charge in [0.15, 0.2) is 0 Å². The molecule has 0 spiro atoms. The Kier molecular flexibility index (Phi) is 2.88. The van der Waals surface area contributed by atoms with E-state index >= 15 is 0 Å². The summed E-state index contributed by atoms with van der Waals surface area (Å²) >= 11 is 0. The second kappa shape index (κ2) is 3.72. The molecule has 1 atom stereocenters. The third kappa shape index (κ3) is 1.86. The first kappa shape index (κ1) is 9.27. The SMILES string of the molecule is Cc1ccc(C)c([C@H](C)CO)c1. The van der Waals surface area contributed by atoms with Gasteiger partial charge in [0.2, 0.25) is 0 Å². The van der Waals surface area contributed by atoms with Crippen LogP contribution in [0.4, 0.5) is 0 Å². The minimum atomic E-state index is 0.226. The molecule has 1 aromatic carbocycles. The van der Waals surface area contributed by atoms with Crippen LogP contribution in [-0.4, -0.2) is 11.7 Å². The molecule has 1 heteroatoms. The van der Waals surface area contributed by atoms with E-state index in [0.29, 0.717) is 0 Å². The number of aliphatic hydroxyl groups excluding tert-OH is 1. The fourth-order valence-electron chi connectivity index (χ4n) is 1.39. The van der Waals surface area contributed by atoms with E-state index in [-0.39, 0.29) is 12.5 Å². The van der Waals surface area contributed by atoms with Crippen LogP contribution in [0.2, 0.25) is 0 Å². The van der Waals surface area contributed by atoms with Gasteiger partial charge in [-0.2, -0.15) is 0 Å². The monoisotopic (exact) mass is 164 g/mol. The molecule has 0 heterocycles. The van der Waals surface area contributed by atoms with E-state index in [1.807, 2.05) is 6.92 Å². The van der Waals surface area contributed by atoms with Gasteiger partial charge >= 0.3 is 0 Å². The average Bonchev–Trinajstić information content (AvgIpc) is 2.08. The predicted octanol–water partition coefficient (Wildman–Crippen LogP) is 2.40. The van der Waals surface area contributed by atoms with Crippen molar-refractivity contribution in [2.75, 3.05) is 6.61 Å². The molecule has 0 bridgehead atoms. The molecule has 1 rings (SSSR count). The Hall–Kier alpha value is -0.820. The highest BCUT2D eigenvalue weighted by Crippen LogP contribution is 2.19. The molecule has 0 aliphatic heterocycles. The van der Waals surface area contributed by atoms with Crippen molar-refractivity contribution in [1.29, 1.82) is 0 Å². The van der Waals surface area contributed by atoms with Gasteiger partial charge in [0.1, 0.15) is 0 Å². The van der Waals surface area contributed by atoms with Crippen molar-refractivity contribution in [3.63, 3.8) is 0 Å². The number of benzene rings is 1. The Morgan fingerprint density at radius 1 is 1.33 bits per heavy atom. The molecule has 0 amide bonds. The molecule has 1 aromatic rings. The van der Waals surface area contributed by atoms with E-state index in [1.165, 1.54) is 16.7 Å². The lowest BCUT2D eigenvalue weighted by Crippen LogP contribution is -2.01. The van der Waals surface area contributed by atoms with Gasteiger partial charge < -0.3 is 5.11 Å². The van der Waals surface area contributed by atoms with Gasteiger partial charge in [0, 0.05) is 12.5 Å². The summed E-state index contributed by atoms with van der Waals surface area (Å²) in [6.07, 6.45) is 0. The molecule has 0 unspecified atom stereocenters. The number of hydrogen-bond donors (Lipinski definition) is 1. The molecule has 0 aromatic heterocycles. The fourth-order valence-corrected chi connectivity index (χ4v) is 1.39. The highest BCUT2D eigenvalue weighted by Gasteiger charge is 2.06. The average molecular weight is 164 g/mol. The number of aryl methyl sites for hydroxylation is 2. The van der Waals surface area contributed by atoms with Crippen LogP contribution in [0, 0.1) is 13.8 Å². The van der Waals surface area contributed by atoms with Gasteiger partial charge in [-0.3, -0.25) is 0 Å². The predicted molar refractivity (Wildman–Crippen MR) is 51.4 cm³/mol. The smallest absolute Gasteiger partial charge is 0.0497 e. The molecule has 0 saturated carbocycles. The van der Waals surface area contributed by atoms with Crippen molar-refractivity contribution in [1.82, 2.24) is 0 Å². The van der Waals surface area contributed by atoms with E-state index in [2.05, 4.69) is 32.0 Å². The molecule has 0 aliphatic rings. The lowest BCUT2D eigenvalue weighted by Gasteiger charge is -2.12. The Morgan fingerprint density at radius 2 is 2.00 bits per heavy atom. The van der Waals surface area contributed by atoms with Gasteiger partial charge in [0.05, 0.1) is 0 Å². The van der Waals surface area contributed by atoms with E-state index in [9.17, 15) is 0 Å². The van der Waals surface area contributed by atoms with Crippen LogP contribution in [0.3, 0.4) is 0 Å². The van der Waals surface area contributed by atoms with E-state index in [4.69, 9.17) is 5.11 Å². The first-order valence-electron chi connectivity index (χ1n) is 4.33. The number of aliphatic hydroxyl groups is 1. The van der Waals surface area contributed by atoms with Crippen LogP contribution in [-0.2, 0) is 0 Å². The van der Waals surface area contributed by atoms with Crippen LogP contribution in [0.1, 0.15) is 29.5 Å². The van der Waals surface area contributed by atoms with Gasteiger partial charge in [0.25, 0.3) is 0 Å². The molecular weight excluding hydrogens is 148 g/mol. The Balaban J connectivity index is 3.04. The molecule has 0 radical (unpaired) electrons. The zero-order valence-corrected chi connectivity index (χ0v) is 7.96. The van der Waals surface area contributed by atoms with Crippen LogP contribution < -0.4 is 0 Å². The Morgan fingerprint density at radius 3 is 2.58 bits per heavy atom. The van der Waals surface area contributed by atoms with Gasteiger partial charge in [-0.25, -0.2) is 0 Å². The normalized spacial score (nSPS) is 13.0. The molecule has 0 aliphatic carbocycles. The minimum Gasteiger partial charge on any atom is -0.396 e. The first-order valence-corrected chi connectivity index (χ1v) is 4.33. The third-order valence-electron chi connectivity index (χ3n) is 2.24. The second-order valence-corrected chi connectivity index (χ2v) is 3.44. The lowest BCUT2D eigenvalue weighted by molar-refractivity contribution is 0.272. The summed E-state index contributed by atoms with van der Waals surface area (Å²) in [5, 5.41) is 9.00. The van der Waals surface area contributed by atoms with Crippen LogP contribution in [0.5, 0.6) is 0 Å². The maximum absolute atomic E-state index is 9.00. The molecule has 1 nitrogen and oxygen atoms in total. The molecule has 0 saturated heterocycles. The van der Waals surface area contributed by atoms with Gasteiger partial charge in [-0.15, -0.1) is 0 Å². The highest BCUT2D eigenvalue weighted by molar-refractivity contribution is 5.32. The van der Waals surface area contributed by atoms with Crippen molar-refractivity contribution in [3.05, 3.63) is 34.9 Å². The van der Waals surface area contributed by atoms with E-state index in [0.717, 1.165) is 0 Å². The summed E-state index contributed by atoms with van der Waals surface area (Å²) in [5.41, 5.74) is 3.79. The molecule has 12 heavy (non-hydrogen) atoms. The molecule has 0 fully saturated rings. The summed E-state index contributed by atoms with van der Waals surface area (Å²) in [6.45, 7) is 6.43. The Bertz CT molecular complexity index is 266. The maximum atomic E-state index is 9.00. The number of rotatable bonds is 2. The quantitative estimate of drug-likeness (QED) is 0.711. The summed E-state index contributed by atoms with van der Waals surface area (Å²) in [7, 11) is 0. The minimum absolute atomic E-state index is 0.226. The number of hydrogen-bond acceptors (Lipinski definition) is 1. The molecular formula is C11H16O. The van der Waals surface area contributed by atoms with Crippen molar-refractivity contribution >= 4 is 0 Å². The van der Waals surface area contributed by atoms with Crippen molar-refractivity contribution in [2.24, 2.45) is 0 Å². The van der Waals surface area contributed by atoms with Crippen molar-refractivity contribution in [3.8, 4) is 0 Å². The fraction of sp³-hybridized carbons (Fsp3) is 0.455. The molecule has 66 valence electrons. The summed E-state index contributed by atoms with van der Waals surface area (Å²) < 4.78 is 0. The maximum Gasteiger partial charge on any atom is 0.0497 e. The Labute approximate surface area is 74.1 Å². The topological polar surface area (TPSA) is 20.2 Å². The largest absolute Gasteiger partial charge is 0.396 e. The first-order chi connectivity index (χ1) is 5.65. The van der Waals surface area contributed by atoms with E-state index < -0.39 is 0 Å². The zero-order valence-electron chi connectivity index (χ0n) is 7.96. The van der Waals surface area contributed by atoms with Crippen LogP contribution >= 0.6 is 0 Å².